The second-order valence-electron chi connectivity index (χ2n) is 4.77. The molecule has 1 aliphatic heterocycles. The lowest BCUT2D eigenvalue weighted by molar-refractivity contribution is 0.0602. The number of nitrogens with two attached hydrogens (primary N) is 1. The van der Waals surface area contributed by atoms with E-state index in [0.717, 1.165) is 18.8 Å². The van der Waals surface area contributed by atoms with E-state index in [1.54, 1.807) is 12.1 Å². The number of nitrogen functional groups attached to an aromatic ring is 1. The van der Waals surface area contributed by atoms with E-state index in [0.29, 0.717) is 11.3 Å². The first kappa shape index (κ1) is 13.7. The van der Waals surface area contributed by atoms with Crippen LogP contribution in [0.2, 0.25) is 0 Å². The lowest BCUT2D eigenvalue weighted by Gasteiger charge is -2.16. The highest BCUT2D eigenvalue weighted by Crippen LogP contribution is 2.19. The van der Waals surface area contributed by atoms with Crippen molar-refractivity contribution in [3.8, 4) is 0 Å². The summed E-state index contributed by atoms with van der Waals surface area (Å²) in [7, 11) is 1.37. The maximum Gasteiger partial charge on any atom is 0.340 e. The molecule has 1 aromatic carbocycles. The second kappa shape index (κ2) is 6.43. The third-order valence-corrected chi connectivity index (χ3v) is 3.39. The number of nitrogens with one attached hydrogen (secondary N) is 1. The summed E-state index contributed by atoms with van der Waals surface area (Å²) in [5.74, 6) is -0.365. The van der Waals surface area contributed by atoms with E-state index in [-0.39, 0.29) is 5.97 Å². The van der Waals surface area contributed by atoms with Crippen LogP contribution in [0.3, 0.4) is 0 Å². The quantitative estimate of drug-likeness (QED) is 0.623. The predicted octanol–water partition coefficient (Wildman–Crippen LogP) is 1.56. The Bertz CT molecular complexity index is 442. The zero-order chi connectivity index (χ0) is 13.7. The summed E-state index contributed by atoms with van der Waals surface area (Å²) in [6.07, 6.45) is 2.57. The summed E-state index contributed by atoms with van der Waals surface area (Å²) >= 11 is 0. The van der Waals surface area contributed by atoms with Crippen molar-refractivity contribution in [3.63, 3.8) is 0 Å². The van der Waals surface area contributed by atoms with Gasteiger partial charge in [-0.3, -0.25) is 0 Å². The average molecular weight is 263 g/mol. The number of carbonyl (C=O) groups excluding carboxylic acids is 1. The van der Waals surface area contributed by atoms with E-state index in [9.17, 15) is 4.79 Å². The Balaban J connectivity index is 1.96. The molecular formula is C14H21N3O2. The maximum absolute atomic E-state index is 11.7. The standard InChI is InChI=1S/C14H21N3O2/c1-19-14(18)12-10-11(15)4-5-13(12)16-6-9-17-7-2-3-8-17/h4-5,10,16H,2-3,6-9,15H2,1H3. The summed E-state index contributed by atoms with van der Waals surface area (Å²) < 4.78 is 4.77. The lowest BCUT2D eigenvalue weighted by atomic mass is 10.1. The molecule has 1 aromatic rings. The normalized spacial score (nSPS) is 15.4. The lowest BCUT2D eigenvalue weighted by Crippen LogP contribution is -2.26. The van der Waals surface area contributed by atoms with Crippen LogP contribution >= 0.6 is 0 Å². The van der Waals surface area contributed by atoms with Crippen molar-refractivity contribution in [2.75, 3.05) is 44.3 Å². The molecule has 1 fully saturated rings. The molecule has 3 N–H and O–H groups in total. The van der Waals surface area contributed by atoms with Crippen molar-refractivity contribution in [3.05, 3.63) is 23.8 Å². The van der Waals surface area contributed by atoms with Crippen LogP contribution in [0.15, 0.2) is 18.2 Å². The summed E-state index contributed by atoms with van der Waals surface area (Å²) in [6.45, 7) is 4.15. The molecule has 19 heavy (non-hydrogen) atoms. The van der Waals surface area contributed by atoms with Crippen molar-refractivity contribution >= 4 is 17.3 Å². The van der Waals surface area contributed by atoms with Gasteiger partial charge in [0.15, 0.2) is 0 Å². The molecule has 0 amide bonds. The molecule has 0 saturated carbocycles. The Hall–Kier alpha value is -1.75. The van der Waals surface area contributed by atoms with Crippen molar-refractivity contribution in [1.82, 2.24) is 4.90 Å². The Morgan fingerprint density at radius 3 is 2.84 bits per heavy atom. The van der Waals surface area contributed by atoms with E-state index < -0.39 is 0 Å². The number of carbonyl (C=O) groups is 1. The van der Waals surface area contributed by atoms with Gasteiger partial charge in [0.05, 0.1) is 12.7 Å². The first-order valence-corrected chi connectivity index (χ1v) is 6.65. The summed E-state index contributed by atoms with van der Waals surface area (Å²) in [5, 5.41) is 3.28. The number of hydrogen-bond acceptors (Lipinski definition) is 5. The zero-order valence-electron chi connectivity index (χ0n) is 11.3. The number of methoxy groups -OCH3 is 1. The molecule has 0 aliphatic carbocycles. The fraction of sp³-hybridized carbons (Fsp3) is 0.500. The average Bonchev–Trinajstić information content (AvgIpc) is 2.92. The summed E-state index contributed by atoms with van der Waals surface area (Å²) in [4.78, 5) is 14.1. The van der Waals surface area contributed by atoms with E-state index in [4.69, 9.17) is 10.5 Å². The topological polar surface area (TPSA) is 67.6 Å². The number of hydrogen-bond donors (Lipinski definition) is 2. The van der Waals surface area contributed by atoms with Gasteiger partial charge in [-0.05, 0) is 44.1 Å². The van der Waals surface area contributed by atoms with Crippen LogP contribution in [0.4, 0.5) is 11.4 Å². The van der Waals surface area contributed by atoms with Crippen LogP contribution in [0.1, 0.15) is 23.2 Å². The monoisotopic (exact) mass is 263 g/mol. The van der Waals surface area contributed by atoms with Gasteiger partial charge in [0.25, 0.3) is 0 Å². The number of rotatable bonds is 5. The zero-order valence-corrected chi connectivity index (χ0v) is 11.3. The number of likely N-dealkylation sites (tertiary alicyclic amines) is 1. The molecule has 5 heteroatoms. The van der Waals surface area contributed by atoms with E-state index in [2.05, 4.69) is 10.2 Å². The van der Waals surface area contributed by atoms with Gasteiger partial charge < -0.3 is 20.7 Å². The molecule has 5 nitrogen and oxygen atoms in total. The van der Waals surface area contributed by atoms with Gasteiger partial charge in [0, 0.05) is 24.5 Å². The van der Waals surface area contributed by atoms with E-state index in [1.807, 2.05) is 6.07 Å². The Kier molecular flexibility index (Phi) is 4.63. The molecule has 2 rings (SSSR count). The minimum atomic E-state index is -0.365. The van der Waals surface area contributed by atoms with Crippen LogP contribution in [-0.2, 0) is 4.74 Å². The molecule has 0 unspecified atom stereocenters. The van der Waals surface area contributed by atoms with Gasteiger partial charge in [-0.25, -0.2) is 4.79 Å². The van der Waals surface area contributed by atoms with Gasteiger partial charge in [-0.2, -0.15) is 0 Å². The van der Waals surface area contributed by atoms with Gasteiger partial charge in [0.2, 0.25) is 0 Å². The van der Waals surface area contributed by atoms with Crippen molar-refractivity contribution < 1.29 is 9.53 Å². The highest BCUT2D eigenvalue weighted by Gasteiger charge is 2.13. The third kappa shape index (κ3) is 3.61. The van der Waals surface area contributed by atoms with Crippen LogP contribution in [-0.4, -0.2) is 44.2 Å². The molecule has 104 valence electrons. The molecule has 1 aliphatic rings. The fourth-order valence-electron chi connectivity index (χ4n) is 2.35. The molecule has 0 atom stereocenters. The van der Waals surface area contributed by atoms with E-state index >= 15 is 0 Å². The second-order valence-corrected chi connectivity index (χ2v) is 4.77. The van der Waals surface area contributed by atoms with Crippen LogP contribution in [0.5, 0.6) is 0 Å². The first-order valence-electron chi connectivity index (χ1n) is 6.65. The van der Waals surface area contributed by atoms with Crippen molar-refractivity contribution in [1.29, 1.82) is 0 Å². The molecule has 0 bridgehead atoms. The van der Waals surface area contributed by atoms with Crippen LogP contribution in [0, 0.1) is 0 Å². The van der Waals surface area contributed by atoms with Crippen LogP contribution < -0.4 is 11.1 Å². The SMILES string of the molecule is COC(=O)c1cc(N)ccc1NCCN1CCCC1. The summed E-state index contributed by atoms with van der Waals surface area (Å²) in [6, 6.07) is 5.25. The molecule has 1 saturated heterocycles. The van der Waals surface area contributed by atoms with Gasteiger partial charge in [-0.1, -0.05) is 0 Å². The molecule has 1 heterocycles. The Morgan fingerprint density at radius 1 is 1.42 bits per heavy atom. The molecule has 0 aromatic heterocycles. The maximum atomic E-state index is 11.7. The summed E-state index contributed by atoms with van der Waals surface area (Å²) in [5.41, 5.74) is 7.53. The molecule has 0 spiro atoms. The predicted molar refractivity (Wildman–Crippen MR) is 76.4 cm³/mol. The highest BCUT2D eigenvalue weighted by molar-refractivity contribution is 5.96. The van der Waals surface area contributed by atoms with Gasteiger partial charge in [0.1, 0.15) is 0 Å². The minimum absolute atomic E-state index is 0.365. The van der Waals surface area contributed by atoms with E-state index in [1.165, 1.54) is 33.0 Å². The van der Waals surface area contributed by atoms with Gasteiger partial charge in [-0.15, -0.1) is 0 Å². The first-order chi connectivity index (χ1) is 9.20. The van der Waals surface area contributed by atoms with Gasteiger partial charge >= 0.3 is 5.97 Å². The Morgan fingerprint density at radius 2 is 2.16 bits per heavy atom. The minimum Gasteiger partial charge on any atom is -0.465 e. The van der Waals surface area contributed by atoms with Crippen molar-refractivity contribution in [2.24, 2.45) is 0 Å². The van der Waals surface area contributed by atoms with Crippen LogP contribution in [0.25, 0.3) is 0 Å². The molecular weight excluding hydrogens is 242 g/mol. The highest BCUT2D eigenvalue weighted by atomic mass is 16.5. The number of ether oxygens (including phenoxy) is 1. The smallest absolute Gasteiger partial charge is 0.340 e. The van der Waals surface area contributed by atoms with Crippen molar-refractivity contribution in [2.45, 2.75) is 12.8 Å². The number of anilines is 2. The largest absolute Gasteiger partial charge is 0.465 e. The number of esters is 1. The number of benzene rings is 1. The number of nitrogens with zero attached hydrogens (tertiary/aromatic N) is 1. The fourth-order valence-corrected chi connectivity index (χ4v) is 2.35. The third-order valence-electron chi connectivity index (χ3n) is 3.39. The molecule has 0 radical (unpaired) electrons. The Labute approximate surface area is 113 Å².